The Morgan fingerprint density at radius 1 is 1.32 bits per heavy atom. The van der Waals surface area contributed by atoms with E-state index >= 15 is 0 Å². The van der Waals surface area contributed by atoms with Crippen LogP contribution in [0.2, 0.25) is 0 Å². The number of nitrogens with zero attached hydrogens (tertiary/aromatic N) is 5. The average Bonchev–Trinajstić information content (AvgIpc) is 3.28. The smallest absolute Gasteiger partial charge is 0.274 e. The van der Waals surface area contributed by atoms with Crippen molar-refractivity contribution in [2.75, 3.05) is 26.8 Å². The third kappa shape index (κ3) is 3.21. The molecule has 1 saturated heterocycles. The number of hydrogen-bond acceptors (Lipinski definition) is 7. The highest BCUT2D eigenvalue weighted by Crippen LogP contribution is 2.22. The first kappa shape index (κ1) is 15.7. The fourth-order valence-corrected chi connectivity index (χ4v) is 3.00. The highest BCUT2D eigenvalue weighted by molar-refractivity contribution is 5.92. The fourth-order valence-electron chi connectivity index (χ4n) is 3.00. The summed E-state index contributed by atoms with van der Waals surface area (Å²) in [6.07, 6.45) is 4.56. The highest BCUT2D eigenvalue weighted by Gasteiger charge is 2.30. The largest absolute Gasteiger partial charge is 0.480 e. The van der Waals surface area contributed by atoms with Crippen molar-refractivity contribution in [3.63, 3.8) is 0 Å². The van der Waals surface area contributed by atoms with E-state index in [1.807, 2.05) is 0 Å². The third-order valence-electron chi connectivity index (χ3n) is 4.25. The maximum atomic E-state index is 12.7. The lowest BCUT2D eigenvalue weighted by Gasteiger charge is -2.15. The summed E-state index contributed by atoms with van der Waals surface area (Å²) >= 11 is 0. The Labute approximate surface area is 144 Å². The molecule has 0 N–H and O–H groups in total. The van der Waals surface area contributed by atoms with Crippen LogP contribution in [0.25, 0.3) is 0 Å². The van der Waals surface area contributed by atoms with Crippen molar-refractivity contribution in [3.8, 4) is 17.6 Å². The normalized spacial score (nSPS) is 19.2. The van der Waals surface area contributed by atoms with Crippen molar-refractivity contribution in [1.82, 2.24) is 24.6 Å². The van der Waals surface area contributed by atoms with Crippen LogP contribution in [0.5, 0.6) is 17.6 Å². The standard InChI is InChI=1S/C16H19N5O4/c1-23-13-8-17-9-14(18-13)25-11-3-5-20(10-11)16(22)12-7-15-21(19-12)4-2-6-24-15/h7-9,11H,2-6,10H2,1H3. The summed E-state index contributed by atoms with van der Waals surface area (Å²) in [5.74, 6) is 1.35. The van der Waals surface area contributed by atoms with Crippen molar-refractivity contribution in [2.45, 2.75) is 25.5 Å². The Kier molecular flexibility index (Phi) is 4.12. The fraction of sp³-hybridized carbons (Fsp3) is 0.500. The highest BCUT2D eigenvalue weighted by atomic mass is 16.5. The number of aromatic nitrogens is 4. The molecule has 2 aliphatic rings. The van der Waals surface area contributed by atoms with E-state index in [0.717, 1.165) is 19.4 Å². The van der Waals surface area contributed by atoms with Gasteiger partial charge in [-0.2, -0.15) is 10.1 Å². The molecule has 0 radical (unpaired) electrons. The number of carbonyl (C=O) groups excluding carboxylic acids is 1. The molecule has 1 fully saturated rings. The Morgan fingerprint density at radius 3 is 3.04 bits per heavy atom. The Hall–Kier alpha value is -2.84. The minimum atomic E-state index is -0.126. The molecular weight excluding hydrogens is 326 g/mol. The van der Waals surface area contributed by atoms with Gasteiger partial charge in [-0.3, -0.25) is 9.78 Å². The number of aryl methyl sites for hydroxylation is 1. The van der Waals surface area contributed by atoms with Gasteiger partial charge in [0.25, 0.3) is 5.91 Å². The van der Waals surface area contributed by atoms with Gasteiger partial charge in [-0.05, 0) is 0 Å². The molecule has 1 atom stereocenters. The molecule has 132 valence electrons. The summed E-state index contributed by atoms with van der Waals surface area (Å²) in [4.78, 5) is 22.6. The van der Waals surface area contributed by atoms with Crippen LogP contribution in [0.1, 0.15) is 23.3 Å². The van der Waals surface area contributed by atoms with Crippen LogP contribution < -0.4 is 14.2 Å². The predicted molar refractivity (Wildman–Crippen MR) is 85.9 cm³/mol. The minimum absolute atomic E-state index is 0.103. The number of amides is 1. The Balaban J connectivity index is 1.39. The maximum absolute atomic E-state index is 12.7. The molecule has 9 heteroatoms. The second kappa shape index (κ2) is 6.58. The summed E-state index contributed by atoms with van der Waals surface area (Å²) in [5.41, 5.74) is 0.415. The molecule has 9 nitrogen and oxygen atoms in total. The van der Waals surface area contributed by atoms with Gasteiger partial charge in [0.05, 0.1) is 32.7 Å². The zero-order valence-corrected chi connectivity index (χ0v) is 13.9. The van der Waals surface area contributed by atoms with Gasteiger partial charge in [-0.15, -0.1) is 0 Å². The van der Waals surface area contributed by atoms with Crippen LogP contribution in [0.3, 0.4) is 0 Å². The number of fused-ring (bicyclic) bond motifs is 1. The lowest BCUT2D eigenvalue weighted by molar-refractivity contribution is 0.0764. The summed E-state index contributed by atoms with van der Waals surface area (Å²) in [6, 6.07) is 1.71. The monoisotopic (exact) mass is 345 g/mol. The van der Waals surface area contributed by atoms with Crippen molar-refractivity contribution in [2.24, 2.45) is 0 Å². The molecule has 2 aliphatic heterocycles. The lowest BCUT2D eigenvalue weighted by atomic mass is 10.3. The average molecular weight is 345 g/mol. The molecule has 25 heavy (non-hydrogen) atoms. The molecule has 0 aromatic carbocycles. The molecule has 1 amide bonds. The third-order valence-corrected chi connectivity index (χ3v) is 4.25. The predicted octanol–water partition coefficient (Wildman–Crippen LogP) is 0.758. The van der Waals surface area contributed by atoms with Crippen LogP contribution in [-0.2, 0) is 6.54 Å². The van der Waals surface area contributed by atoms with Crippen LogP contribution >= 0.6 is 0 Å². The summed E-state index contributed by atoms with van der Waals surface area (Å²) in [7, 11) is 1.53. The molecule has 4 rings (SSSR count). The van der Waals surface area contributed by atoms with Crippen LogP contribution in [0.15, 0.2) is 18.5 Å². The molecule has 0 saturated carbocycles. The van der Waals surface area contributed by atoms with Gasteiger partial charge in [-0.1, -0.05) is 0 Å². The van der Waals surface area contributed by atoms with Gasteiger partial charge in [0.2, 0.25) is 17.6 Å². The SMILES string of the molecule is COc1cncc(OC2CCN(C(=O)c3cc4n(n3)CCCO4)C2)n1. The van der Waals surface area contributed by atoms with E-state index in [1.54, 1.807) is 15.6 Å². The van der Waals surface area contributed by atoms with E-state index in [9.17, 15) is 4.79 Å². The maximum Gasteiger partial charge on any atom is 0.274 e. The quantitative estimate of drug-likeness (QED) is 0.808. The zero-order chi connectivity index (χ0) is 17.2. The first-order valence-electron chi connectivity index (χ1n) is 8.25. The van der Waals surface area contributed by atoms with Gasteiger partial charge >= 0.3 is 0 Å². The van der Waals surface area contributed by atoms with Gasteiger partial charge in [0.15, 0.2) is 5.69 Å². The van der Waals surface area contributed by atoms with Crippen molar-refractivity contribution in [1.29, 1.82) is 0 Å². The molecule has 1 unspecified atom stereocenters. The molecule has 2 aromatic rings. The summed E-state index contributed by atoms with van der Waals surface area (Å²) in [5, 5.41) is 4.35. The molecule has 0 spiro atoms. The molecular formula is C16H19N5O4. The minimum Gasteiger partial charge on any atom is -0.480 e. The molecule has 0 bridgehead atoms. The topological polar surface area (TPSA) is 91.6 Å². The van der Waals surface area contributed by atoms with Crippen LogP contribution in [0, 0.1) is 0 Å². The van der Waals surface area contributed by atoms with Gasteiger partial charge < -0.3 is 19.1 Å². The van der Waals surface area contributed by atoms with Crippen molar-refractivity contribution in [3.05, 3.63) is 24.2 Å². The second-order valence-electron chi connectivity index (χ2n) is 5.97. The van der Waals surface area contributed by atoms with Crippen LogP contribution in [0.4, 0.5) is 0 Å². The van der Waals surface area contributed by atoms with Crippen molar-refractivity contribution < 1.29 is 19.0 Å². The molecule has 0 aliphatic carbocycles. The van der Waals surface area contributed by atoms with E-state index in [0.29, 0.717) is 43.0 Å². The summed E-state index contributed by atoms with van der Waals surface area (Å²) < 4.78 is 18.1. The second-order valence-corrected chi connectivity index (χ2v) is 5.97. The molecule has 2 aromatic heterocycles. The van der Waals surface area contributed by atoms with Crippen molar-refractivity contribution >= 4 is 5.91 Å². The summed E-state index contributed by atoms with van der Waals surface area (Å²) in [6.45, 7) is 2.55. The Morgan fingerprint density at radius 2 is 2.20 bits per heavy atom. The number of likely N-dealkylation sites (tertiary alicyclic amines) is 1. The molecule has 4 heterocycles. The number of methoxy groups -OCH3 is 1. The number of rotatable bonds is 4. The van der Waals surface area contributed by atoms with Gasteiger partial charge in [0.1, 0.15) is 6.10 Å². The number of ether oxygens (including phenoxy) is 3. The van der Waals surface area contributed by atoms with Gasteiger partial charge in [0, 0.05) is 32.0 Å². The number of hydrogen-bond donors (Lipinski definition) is 0. The van der Waals surface area contributed by atoms with E-state index in [2.05, 4.69) is 15.1 Å². The van der Waals surface area contributed by atoms with E-state index in [-0.39, 0.29) is 12.0 Å². The Bertz CT molecular complexity index is 754. The zero-order valence-electron chi connectivity index (χ0n) is 13.9. The van der Waals surface area contributed by atoms with E-state index < -0.39 is 0 Å². The first-order valence-corrected chi connectivity index (χ1v) is 8.25. The van der Waals surface area contributed by atoms with E-state index in [1.165, 1.54) is 19.5 Å². The number of carbonyl (C=O) groups is 1. The lowest BCUT2D eigenvalue weighted by Crippen LogP contribution is -2.31. The first-order chi connectivity index (χ1) is 12.2. The van der Waals surface area contributed by atoms with E-state index in [4.69, 9.17) is 14.2 Å². The van der Waals surface area contributed by atoms with Crippen LogP contribution in [-0.4, -0.2) is 63.5 Å². The van der Waals surface area contributed by atoms with Gasteiger partial charge in [-0.25, -0.2) is 4.68 Å².